The molecule has 2 aliphatic rings. The fraction of sp³-hybridized carbons (Fsp3) is 0.846. The van der Waals surface area contributed by atoms with Gasteiger partial charge in [-0.15, -0.1) is 6.58 Å². The van der Waals surface area contributed by atoms with Crippen molar-refractivity contribution in [3.63, 3.8) is 0 Å². The number of hydrogen-bond donors (Lipinski definition) is 0. The van der Waals surface area contributed by atoms with Crippen LogP contribution in [0.15, 0.2) is 12.7 Å². The maximum absolute atomic E-state index is 6.06. The third-order valence-corrected chi connectivity index (χ3v) is 3.65. The summed E-state index contributed by atoms with van der Waals surface area (Å²) in [6.07, 6.45) is 11.3. The lowest BCUT2D eigenvalue weighted by atomic mass is 9.93. The highest BCUT2D eigenvalue weighted by molar-refractivity contribution is 4.89. The highest BCUT2D eigenvalue weighted by atomic mass is 16.7. The van der Waals surface area contributed by atoms with Crippen molar-refractivity contribution in [2.45, 2.75) is 70.1 Å². The Morgan fingerprint density at radius 3 is 3.07 bits per heavy atom. The molecular formula is C13H23NO. The Labute approximate surface area is 93.2 Å². The number of piperidine rings is 1. The van der Waals surface area contributed by atoms with Crippen LogP contribution in [0.2, 0.25) is 0 Å². The minimum absolute atomic E-state index is 0.491. The van der Waals surface area contributed by atoms with Crippen molar-refractivity contribution in [1.29, 1.82) is 0 Å². The van der Waals surface area contributed by atoms with Crippen LogP contribution in [0.25, 0.3) is 0 Å². The van der Waals surface area contributed by atoms with Crippen LogP contribution in [0.1, 0.15) is 51.9 Å². The van der Waals surface area contributed by atoms with E-state index in [1.165, 1.54) is 38.5 Å². The molecule has 2 heteroatoms. The normalized spacial score (nSPS) is 36.5. The Kier molecular flexibility index (Phi) is 3.81. The lowest BCUT2D eigenvalue weighted by Crippen LogP contribution is -2.41. The van der Waals surface area contributed by atoms with Gasteiger partial charge < -0.3 is 0 Å². The molecule has 2 heterocycles. The summed E-state index contributed by atoms with van der Waals surface area (Å²) in [6.45, 7) is 6.08. The van der Waals surface area contributed by atoms with E-state index in [0.29, 0.717) is 18.2 Å². The average molecular weight is 209 g/mol. The predicted molar refractivity (Wildman–Crippen MR) is 62.5 cm³/mol. The first-order valence-corrected chi connectivity index (χ1v) is 6.41. The van der Waals surface area contributed by atoms with Crippen molar-refractivity contribution in [3.05, 3.63) is 12.7 Å². The van der Waals surface area contributed by atoms with Crippen LogP contribution >= 0.6 is 0 Å². The maximum Gasteiger partial charge on any atom is 0.0809 e. The van der Waals surface area contributed by atoms with Crippen LogP contribution in [-0.4, -0.2) is 23.3 Å². The van der Waals surface area contributed by atoms with Gasteiger partial charge in [-0.2, -0.15) is 5.06 Å². The van der Waals surface area contributed by atoms with Gasteiger partial charge in [-0.05, 0) is 32.1 Å². The molecule has 15 heavy (non-hydrogen) atoms. The highest BCUT2D eigenvalue weighted by Crippen LogP contribution is 2.35. The topological polar surface area (TPSA) is 12.5 Å². The van der Waals surface area contributed by atoms with Gasteiger partial charge in [-0.25, -0.2) is 0 Å². The molecule has 0 aromatic rings. The van der Waals surface area contributed by atoms with Crippen LogP contribution in [0.5, 0.6) is 0 Å². The Morgan fingerprint density at radius 2 is 2.33 bits per heavy atom. The van der Waals surface area contributed by atoms with Crippen molar-refractivity contribution < 1.29 is 4.84 Å². The quantitative estimate of drug-likeness (QED) is 0.659. The largest absolute Gasteiger partial charge is 0.295 e. The Morgan fingerprint density at radius 1 is 1.47 bits per heavy atom. The van der Waals surface area contributed by atoms with Gasteiger partial charge in [0.05, 0.1) is 6.10 Å². The second-order valence-corrected chi connectivity index (χ2v) is 4.87. The fourth-order valence-corrected chi connectivity index (χ4v) is 2.96. The summed E-state index contributed by atoms with van der Waals surface area (Å²) in [4.78, 5) is 6.06. The van der Waals surface area contributed by atoms with Gasteiger partial charge in [0, 0.05) is 12.1 Å². The van der Waals surface area contributed by atoms with Crippen molar-refractivity contribution in [2.24, 2.45) is 0 Å². The van der Waals surface area contributed by atoms with E-state index in [9.17, 15) is 0 Å². The average Bonchev–Trinajstić information content (AvgIpc) is 2.62. The van der Waals surface area contributed by atoms with Crippen LogP contribution in [0.3, 0.4) is 0 Å². The summed E-state index contributed by atoms with van der Waals surface area (Å²) >= 11 is 0. The lowest BCUT2D eigenvalue weighted by Gasteiger charge is -2.35. The molecule has 0 aromatic heterocycles. The summed E-state index contributed by atoms with van der Waals surface area (Å²) < 4.78 is 0. The molecule has 3 atom stereocenters. The van der Waals surface area contributed by atoms with Gasteiger partial charge >= 0.3 is 0 Å². The SMILES string of the molecule is C=CC[C@@H]1CCC[C@H]2C[C@@H](CCC)ON12. The number of hydroxylamine groups is 2. The number of hydrogen-bond acceptors (Lipinski definition) is 2. The molecule has 0 spiro atoms. The molecule has 0 N–H and O–H groups in total. The van der Waals surface area contributed by atoms with Crippen molar-refractivity contribution in [3.8, 4) is 0 Å². The highest BCUT2D eigenvalue weighted by Gasteiger charge is 2.39. The summed E-state index contributed by atoms with van der Waals surface area (Å²) in [5.41, 5.74) is 0. The first-order chi connectivity index (χ1) is 7.35. The van der Waals surface area contributed by atoms with Crippen LogP contribution in [0, 0.1) is 0 Å². The van der Waals surface area contributed by atoms with E-state index in [4.69, 9.17) is 4.84 Å². The lowest BCUT2D eigenvalue weighted by molar-refractivity contribution is -0.200. The summed E-state index contributed by atoms with van der Waals surface area (Å²) in [5.74, 6) is 0. The number of fused-ring (bicyclic) bond motifs is 1. The zero-order valence-corrected chi connectivity index (χ0v) is 9.82. The fourth-order valence-electron chi connectivity index (χ4n) is 2.96. The van der Waals surface area contributed by atoms with E-state index in [-0.39, 0.29) is 0 Å². The Bertz CT molecular complexity index is 217. The molecule has 2 nitrogen and oxygen atoms in total. The van der Waals surface area contributed by atoms with Crippen LogP contribution in [0.4, 0.5) is 0 Å². The zero-order valence-electron chi connectivity index (χ0n) is 9.82. The van der Waals surface area contributed by atoms with Crippen molar-refractivity contribution >= 4 is 0 Å². The van der Waals surface area contributed by atoms with Gasteiger partial charge in [0.2, 0.25) is 0 Å². The molecule has 2 saturated heterocycles. The van der Waals surface area contributed by atoms with Gasteiger partial charge in [-0.3, -0.25) is 4.84 Å². The summed E-state index contributed by atoms with van der Waals surface area (Å²) in [5, 5.41) is 2.30. The summed E-state index contributed by atoms with van der Waals surface area (Å²) in [7, 11) is 0. The second kappa shape index (κ2) is 5.13. The molecule has 0 aliphatic carbocycles. The molecule has 0 saturated carbocycles. The molecule has 0 aromatic carbocycles. The van der Waals surface area contributed by atoms with Crippen LogP contribution in [-0.2, 0) is 4.84 Å². The molecule has 0 bridgehead atoms. The van der Waals surface area contributed by atoms with Crippen molar-refractivity contribution in [2.75, 3.05) is 0 Å². The molecule has 0 amide bonds. The Balaban J connectivity index is 1.94. The third-order valence-electron chi connectivity index (χ3n) is 3.65. The maximum atomic E-state index is 6.06. The monoisotopic (exact) mass is 209 g/mol. The minimum atomic E-state index is 0.491. The van der Waals surface area contributed by atoms with Gasteiger partial charge in [-0.1, -0.05) is 25.8 Å². The standard InChI is InChI=1S/C13H23NO/c1-3-6-11-8-5-9-12-10-13(7-4-2)15-14(11)12/h3,11-13H,1,4-10H2,2H3/t11-,12+,13-/m1/s1. The molecule has 2 fully saturated rings. The smallest absolute Gasteiger partial charge is 0.0809 e. The van der Waals surface area contributed by atoms with E-state index >= 15 is 0 Å². The molecule has 0 radical (unpaired) electrons. The predicted octanol–water partition coefficient (Wildman–Crippen LogP) is 3.29. The first kappa shape index (κ1) is 11.2. The number of nitrogens with zero attached hydrogens (tertiary/aromatic N) is 1. The van der Waals surface area contributed by atoms with E-state index in [1.54, 1.807) is 0 Å². The minimum Gasteiger partial charge on any atom is -0.295 e. The summed E-state index contributed by atoms with van der Waals surface area (Å²) in [6, 6.07) is 1.29. The van der Waals surface area contributed by atoms with E-state index < -0.39 is 0 Å². The first-order valence-electron chi connectivity index (χ1n) is 6.41. The Hall–Kier alpha value is -0.340. The molecule has 86 valence electrons. The van der Waals surface area contributed by atoms with E-state index in [0.717, 1.165) is 6.42 Å². The van der Waals surface area contributed by atoms with Gasteiger partial charge in [0.25, 0.3) is 0 Å². The van der Waals surface area contributed by atoms with E-state index in [1.807, 2.05) is 6.08 Å². The molecule has 2 rings (SSSR count). The number of rotatable bonds is 4. The zero-order chi connectivity index (χ0) is 10.7. The molecular weight excluding hydrogens is 186 g/mol. The van der Waals surface area contributed by atoms with Crippen LogP contribution < -0.4 is 0 Å². The van der Waals surface area contributed by atoms with E-state index in [2.05, 4.69) is 18.6 Å². The molecule has 2 aliphatic heterocycles. The van der Waals surface area contributed by atoms with Gasteiger partial charge in [0.1, 0.15) is 0 Å². The third kappa shape index (κ3) is 2.43. The molecule has 0 unspecified atom stereocenters. The van der Waals surface area contributed by atoms with Gasteiger partial charge in [0.15, 0.2) is 0 Å². The second-order valence-electron chi connectivity index (χ2n) is 4.87. The van der Waals surface area contributed by atoms with Crippen molar-refractivity contribution in [1.82, 2.24) is 5.06 Å².